The lowest BCUT2D eigenvalue weighted by atomic mass is 9.77. The lowest BCUT2D eigenvalue weighted by Gasteiger charge is -2.29. The number of hydrogen-bond donors (Lipinski definition) is 0. The molecule has 0 atom stereocenters. The molecule has 3 rings (SSSR count). The van der Waals surface area contributed by atoms with Crippen molar-refractivity contribution in [1.29, 1.82) is 0 Å². The van der Waals surface area contributed by atoms with Gasteiger partial charge in [-0.3, -0.25) is 4.79 Å². The molecule has 2 saturated carbocycles. The number of rotatable bonds is 12. The highest BCUT2D eigenvalue weighted by molar-refractivity contribution is 5.75. The SMILES string of the molecule is CCCCCCCC1CCC(C(=O)Oc2ccc(C3CCC(CCCC)CC3)cc2)CC1. The van der Waals surface area contributed by atoms with Crippen LogP contribution in [0.4, 0.5) is 0 Å². The number of benzene rings is 1. The van der Waals surface area contributed by atoms with Gasteiger partial charge in [0.25, 0.3) is 0 Å². The monoisotopic (exact) mass is 440 g/mol. The van der Waals surface area contributed by atoms with Crippen molar-refractivity contribution < 1.29 is 9.53 Å². The predicted octanol–water partition coefficient (Wildman–Crippen LogP) is 9.22. The summed E-state index contributed by atoms with van der Waals surface area (Å²) in [6.45, 7) is 4.57. The van der Waals surface area contributed by atoms with Crippen LogP contribution in [0.5, 0.6) is 5.75 Å². The molecule has 1 aromatic carbocycles. The van der Waals surface area contributed by atoms with E-state index in [2.05, 4.69) is 26.0 Å². The molecule has 2 aliphatic rings. The van der Waals surface area contributed by atoms with Crippen molar-refractivity contribution in [3.8, 4) is 5.75 Å². The van der Waals surface area contributed by atoms with E-state index in [-0.39, 0.29) is 11.9 Å². The Balaban J connectivity index is 1.35. The second kappa shape index (κ2) is 14.1. The summed E-state index contributed by atoms with van der Waals surface area (Å²) >= 11 is 0. The highest BCUT2D eigenvalue weighted by Gasteiger charge is 2.28. The van der Waals surface area contributed by atoms with Gasteiger partial charge in [-0.25, -0.2) is 0 Å². The first-order valence-corrected chi connectivity index (χ1v) is 14.0. The van der Waals surface area contributed by atoms with E-state index < -0.39 is 0 Å². The fourth-order valence-corrected chi connectivity index (χ4v) is 6.01. The Morgan fingerprint density at radius 3 is 1.91 bits per heavy atom. The molecule has 0 bridgehead atoms. The van der Waals surface area contributed by atoms with Crippen molar-refractivity contribution in [3.05, 3.63) is 29.8 Å². The normalized spacial score (nSPS) is 26.1. The summed E-state index contributed by atoms with van der Waals surface area (Å²) in [5, 5.41) is 0. The number of unbranched alkanes of at least 4 members (excludes halogenated alkanes) is 5. The molecule has 0 radical (unpaired) electrons. The van der Waals surface area contributed by atoms with Gasteiger partial charge in [0.1, 0.15) is 5.75 Å². The van der Waals surface area contributed by atoms with Gasteiger partial charge in [0, 0.05) is 0 Å². The van der Waals surface area contributed by atoms with Crippen LogP contribution in [0.2, 0.25) is 0 Å². The molecule has 0 aliphatic heterocycles. The minimum Gasteiger partial charge on any atom is -0.426 e. The summed E-state index contributed by atoms with van der Waals surface area (Å²) in [7, 11) is 0. The van der Waals surface area contributed by atoms with E-state index in [4.69, 9.17) is 4.74 Å². The first kappa shape index (κ1) is 25.3. The summed E-state index contributed by atoms with van der Waals surface area (Å²) in [6.07, 6.45) is 22.1. The molecule has 0 saturated heterocycles. The number of hydrogen-bond acceptors (Lipinski definition) is 2. The zero-order chi connectivity index (χ0) is 22.6. The predicted molar refractivity (Wildman–Crippen MR) is 135 cm³/mol. The Morgan fingerprint density at radius 1 is 0.719 bits per heavy atom. The molecule has 0 heterocycles. The molecule has 32 heavy (non-hydrogen) atoms. The number of carbonyl (C=O) groups excluding carboxylic acids is 1. The van der Waals surface area contributed by atoms with E-state index in [1.807, 2.05) is 12.1 Å². The standard InChI is InChI=1S/C30H48O2/c1-3-5-7-8-9-11-25-14-18-28(19-15-25)30(31)32-29-22-20-27(21-23-29)26-16-12-24(13-17-26)10-6-4-2/h20-26,28H,3-19H2,1-2H3. The van der Waals surface area contributed by atoms with Crippen LogP contribution in [0.25, 0.3) is 0 Å². The maximum Gasteiger partial charge on any atom is 0.314 e. The van der Waals surface area contributed by atoms with Crippen molar-refractivity contribution >= 4 is 5.97 Å². The number of esters is 1. The van der Waals surface area contributed by atoms with Crippen LogP contribution in [0, 0.1) is 17.8 Å². The van der Waals surface area contributed by atoms with Crippen LogP contribution >= 0.6 is 0 Å². The molecule has 2 fully saturated rings. The van der Waals surface area contributed by atoms with E-state index in [9.17, 15) is 4.79 Å². The minimum absolute atomic E-state index is 0.00409. The fourth-order valence-electron chi connectivity index (χ4n) is 6.01. The van der Waals surface area contributed by atoms with Crippen molar-refractivity contribution in [2.45, 2.75) is 129 Å². The lowest BCUT2D eigenvalue weighted by molar-refractivity contribution is -0.140. The number of carbonyl (C=O) groups is 1. The Hall–Kier alpha value is -1.31. The van der Waals surface area contributed by atoms with E-state index >= 15 is 0 Å². The average Bonchev–Trinajstić information content (AvgIpc) is 2.84. The molecule has 0 unspecified atom stereocenters. The highest BCUT2D eigenvalue weighted by atomic mass is 16.5. The lowest BCUT2D eigenvalue weighted by Crippen LogP contribution is -2.25. The number of ether oxygens (including phenoxy) is 1. The second-order valence-electron chi connectivity index (χ2n) is 10.8. The third kappa shape index (κ3) is 8.23. The zero-order valence-electron chi connectivity index (χ0n) is 21.0. The van der Waals surface area contributed by atoms with Crippen molar-refractivity contribution in [3.63, 3.8) is 0 Å². The Kier molecular flexibility index (Phi) is 11.1. The molecular formula is C30H48O2. The maximum absolute atomic E-state index is 12.7. The van der Waals surface area contributed by atoms with Crippen LogP contribution in [0.3, 0.4) is 0 Å². The fraction of sp³-hybridized carbons (Fsp3) is 0.767. The van der Waals surface area contributed by atoms with E-state index in [1.54, 1.807) is 0 Å². The molecule has 2 heteroatoms. The maximum atomic E-state index is 12.7. The molecule has 2 nitrogen and oxygen atoms in total. The minimum atomic E-state index is -0.00409. The van der Waals surface area contributed by atoms with Crippen LogP contribution in [0.15, 0.2) is 24.3 Å². The average molecular weight is 441 g/mol. The Morgan fingerprint density at radius 2 is 1.28 bits per heavy atom. The summed E-state index contributed by atoms with van der Waals surface area (Å²) in [4.78, 5) is 12.7. The van der Waals surface area contributed by atoms with E-state index in [1.165, 1.54) is 102 Å². The van der Waals surface area contributed by atoms with Crippen LogP contribution < -0.4 is 4.74 Å². The van der Waals surface area contributed by atoms with E-state index in [0.29, 0.717) is 5.92 Å². The first-order chi connectivity index (χ1) is 15.7. The topological polar surface area (TPSA) is 26.3 Å². The van der Waals surface area contributed by atoms with Crippen molar-refractivity contribution in [1.82, 2.24) is 0 Å². The Labute approximate surface area is 197 Å². The first-order valence-electron chi connectivity index (χ1n) is 14.0. The quantitative estimate of drug-likeness (QED) is 0.184. The van der Waals surface area contributed by atoms with E-state index in [0.717, 1.165) is 30.4 Å². The zero-order valence-corrected chi connectivity index (χ0v) is 21.0. The second-order valence-corrected chi connectivity index (χ2v) is 10.8. The van der Waals surface area contributed by atoms with Gasteiger partial charge in [-0.05, 0) is 86.8 Å². The summed E-state index contributed by atoms with van der Waals surface area (Å²) in [5.74, 6) is 3.29. The molecule has 1 aromatic rings. The summed E-state index contributed by atoms with van der Waals surface area (Å²) in [6, 6.07) is 8.46. The van der Waals surface area contributed by atoms with Gasteiger partial charge in [-0.1, -0.05) is 83.8 Å². The molecular weight excluding hydrogens is 392 g/mol. The molecule has 0 N–H and O–H groups in total. The van der Waals surface area contributed by atoms with Gasteiger partial charge in [0.15, 0.2) is 0 Å². The summed E-state index contributed by atoms with van der Waals surface area (Å²) in [5.41, 5.74) is 1.43. The van der Waals surface area contributed by atoms with Gasteiger partial charge in [0.05, 0.1) is 5.92 Å². The van der Waals surface area contributed by atoms with Crippen molar-refractivity contribution in [2.75, 3.05) is 0 Å². The molecule has 0 aromatic heterocycles. The van der Waals surface area contributed by atoms with Gasteiger partial charge in [0.2, 0.25) is 0 Å². The Bertz CT molecular complexity index is 633. The van der Waals surface area contributed by atoms with Crippen molar-refractivity contribution in [2.24, 2.45) is 17.8 Å². The third-order valence-corrected chi connectivity index (χ3v) is 8.28. The molecule has 0 spiro atoms. The highest BCUT2D eigenvalue weighted by Crippen LogP contribution is 2.38. The van der Waals surface area contributed by atoms with Crippen LogP contribution in [-0.2, 0) is 4.79 Å². The van der Waals surface area contributed by atoms with Crippen LogP contribution in [-0.4, -0.2) is 5.97 Å². The largest absolute Gasteiger partial charge is 0.426 e. The summed E-state index contributed by atoms with van der Waals surface area (Å²) < 4.78 is 5.78. The third-order valence-electron chi connectivity index (χ3n) is 8.28. The van der Waals surface area contributed by atoms with Gasteiger partial charge < -0.3 is 4.74 Å². The van der Waals surface area contributed by atoms with Gasteiger partial charge >= 0.3 is 5.97 Å². The molecule has 180 valence electrons. The van der Waals surface area contributed by atoms with Crippen LogP contribution in [0.1, 0.15) is 134 Å². The van der Waals surface area contributed by atoms with Gasteiger partial charge in [-0.2, -0.15) is 0 Å². The molecule has 0 amide bonds. The molecule has 2 aliphatic carbocycles. The van der Waals surface area contributed by atoms with Gasteiger partial charge in [-0.15, -0.1) is 0 Å². The smallest absolute Gasteiger partial charge is 0.314 e.